The number of carboxylic acid groups (broad SMARTS) is 5. The lowest BCUT2D eigenvalue weighted by atomic mass is 9.79. The van der Waals surface area contributed by atoms with Crippen LogP contribution in [0.25, 0.3) is 0 Å². The molecule has 0 aromatic rings. The number of hydrogen-bond acceptors (Lipinski definition) is 18. The van der Waals surface area contributed by atoms with E-state index >= 15 is 0 Å². The molecule has 1 heterocycles. The number of carboxylic acids is 5. The fraction of sp³-hybridized carbons (Fsp3) is 0.818. The summed E-state index contributed by atoms with van der Waals surface area (Å²) in [6.45, 7) is 27.3. The number of carbonyl (C=O) groups is 10. The molecule has 0 aromatic heterocycles. The smallest absolute Gasteiger partial charge is 0.345 e. The van der Waals surface area contributed by atoms with Gasteiger partial charge in [0.1, 0.15) is 49.7 Å². The van der Waals surface area contributed by atoms with E-state index in [0.29, 0.717) is 43.6 Å². The fourth-order valence-corrected chi connectivity index (χ4v) is 11.9. The number of esters is 4. The van der Waals surface area contributed by atoms with Gasteiger partial charge in [0.05, 0.1) is 34.6 Å². The van der Waals surface area contributed by atoms with Gasteiger partial charge in [0, 0.05) is 24.9 Å². The maximum atomic E-state index is 12.1. The van der Waals surface area contributed by atoms with E-state index < -0.39 is 111 Å². The molecule has 2 bridgehead atoms. The van der Waals surface area contributed by atoms with Crippen LogP contribution in [0.1, 0.15) is 212 Å². The van der Waals surface area contributed by atoms with Crippen LogP contribution in [0.3, 0.4) is 0 Å². The molecule has 1 saturated heterocycles. The molecule has 10 atom stereocenters. The van der Waals surface area contributed by atoms with E-state index in [1.165, 1.54) is 4.90 Å². The molecule has 0 aromatic carbocycles. The van der Waals surface area contributed by atoms with Crippen LogP contribution in [-0.4, -0.2) is 170 Å². The quantitative estimate of drug-likeness (QED) is 0.0107. The van der Waals surface area contributed by atoms with Crippen molar-refractivity contribution in [1.82, 2.24) is 15.5 Å². The van der Waals surface area contributed by atoms with Crippen LogP contribution in [-0.2, 0) is 66.9 Å². The van der Waals surface area contributed by atoms with Gasteiger partial charge in [-0.25, -0.2) is 4.79 Å². The van der Waals surface area contributed by atoms with Gasteiger partial charge in [-0.3, -0.25) is 53.4 Å². The van der Waals surface area contributed by atoms with Gasteiger partial charge in [-0.05, 0) is 157 Å². The van der Waals surface area contributed by atoms with Crippen LogP contribution in [0.4, 0.5) is 0 Å². The minimum Gasteiger partial charge on any atom is -0.481 e. The SMILES string of the molecule is C=C(C)C1CN(C(O)COC(=O)C(C)(C)CC)C(C(=O)O)C1CC(=O)O.CCC(C)(C)C(=O)OC(C(=O)O)C1CCCCC1.CCC(C)(C)C(=O)OCC(O)CNC1(C(=O)O)CC2CCC1C2.CCC(C)(C)C(=O)OCCNC(=O)C(C(=O)O)C1CCCCC1. The van der Waals surface area contributed by atoms with Crippen molar-refractivity contribution in [2.24, 2.45) is 63.1 Å². The predicted octanol–water partition coefficient (Wildman–Crippen LogP) is 8.26. The monoisotopic (exact) mass is 1280 g/mol. The molecule has 9 N–H and O–H groups in total. The van der Waals surface area contributed by atoms with Crippen molar-refractivity contribution in [1.29, 1.82) is 0 Å². The molecule has 90 heavy (non-hydrogen) atoms. The van der Waals surface area contributed by atoms with Crippen LogP contribution in [0, 0.1) is 63.1 Å². The number of hydrogen-bond donors (Lipinski definition) is 9. The summed E-state index contributed by atoms with van der Waals surface area (Å²) in [5.41, 5.74) is -2.70. The van der Waals surface area contributed by atoms with E-state index in [4.69, 9.17) is 24.1 Å². The van der Waals surface area contributed by atoms with Gasteiger partial charge >= 0.3 is 53.7 Å². The first-order chi connectivity index (χ1) is 41.8. The topological polar surface area (TPSA) is 377 Å². The molecule has 1 aliphatic heterocycles. The van der Waals surface area contributed by atoms with Crippen molar-refractivity contribution in [3.63, 3.8) is 0 Å². The number of aliphatic hydroxyl groups is 2. The Morgan fingerprint density at radius 1 is 0.622 bits per heavy atom. The molecule has 516 valence electrons. The zero-order valence-electron chi connectivity index (χ0n) is 56.0. The number of aliphatic hydroxyl groups excluding tert-OH is 2. The number of rotatable bonds is 30. The number of fused-ring (bicyclic) bond motifs is 2. The van der Waals surface area contributed by atoms with Gasteiger partial charge in [0.15, 0.2) is 0 Å². The van der Waals surface area contributed by atoms with E-state index in [1.54, 1.807) is 62.3 Å². The third kappa shape index (κ3) is 23.8. The normalized spacial score (nSPS) is 23.4. The summed E-state index contributed by atoms with van der Waals surface area (Å²) >= 11 is 0. The molecule has 24 heteroatoms. The Hall–Kier alpha value is -5.72. The van der Waals surface area contributed by atoms with E-state index in [2.05, 4.69) is 17.2 Å². The third-order valence-electron chi connectivity index (χ3n) is 19.6. The van der Waals surface area contributed by atoms with Gasteiger partial charge in [-0.1, -0.05) is 84.8 Å². The molecule has 1 amide bonds. The molecule has 5 fully saturated rings. The summed E-state index contributed by atoms with van der Waals surface area (Å²) in [6, 6.07) is -1.19. The lowest BCUT2D eigenvalue weighted by Gasteiger charge is -2.35. The second kappa shape index (κ2) is 36.5. The Morgan fingerprint density at radius 3 is 1.51 bits per heavy atom. The molecule has 5 rings (SSSR count). The first-order valence-corrected chi connectivity index (χ1v) is 32.5. The number of ether oxygens (including phenoxy) is 4. The van der Waals surface area contributed by atoms with E-state index in [9.17, 15) is 78.6 Å². The zero-order valence-corrected chi connectivity index (χ0v) is 56.0. The molecule has 0 spiro atoms. The fourth-order valence-electron chi connectivity index (χ4n) is 11.9. The second-order valence-corrected chi connectivity index (χ2v) is 27.9. The molecule has 10 unspecified atom stereocenters. The van der Waals surface area contributed by atoms with E-state index in [1.807, 2.05) is 27.7 Å². The van der Waals surface area contributed by atoms with Crippen LogP contribution in [0.5, 0.6) is 0 Å². The molecule has 0 radical (unpaired) electrons. The first kappa shape index (κ1) is 80.4. The Balaban J connectivity index is 0.000000412. The molecule has 4 aliphatic carbocycles. The minimum atomic E-state index is -1.34. The highest BCUT2D eigenvalue weighted by atomic mass is 16.6. The van der Waals surface area contributed by atoms with Gasteiger partial charge < -0.3 is 60.0 Å². The van der Waals surface area contributed by atoms with Crippen molar-refractivity contribution in [3.05, 3.63) is 12.2 Å². The van der Waals surface area contributed by atoms with E-state index in [0.717, 1.165) is 83.5 Å². The summed E-state index contributed by atoms with van der Waals surface area (Å²) in [6.07, 6.45) is 12.1. The number of carbonyl (C=O) groups excluding carboxylic acids is 5. The minimum absolute atomic E-state index is 0.0205. The lowest BCUT2D eigenvalue weighted by Crippen LogP contribution is -2.57. The number of β-amino-alcohol motifs (C(OH)–C–C–N with tert-alkyl or cyclic N) is 1. The number of aliphatic carboxylic acids is 5. The Bertz CT molecular complexity index is 2410. The van der Waals surface area contributed by atoms with Crippen LogP contribution < -0.4 is 10.6 Å². The standard InChI is InChI=1S/C18H29NO7.2C17H29NO5.C14H24O4/c1-6-18(4,5)17(25)26-9-13(20)19-8-12(10(2)3)11(7-14(21)22)15(19)16(23)24;1-4-16(2,3)15(22)23-10-13(19)9-18-17(14(20)21)8-11-5-6-12(17)7-11;1-4-17(2,3)16(22)23-11-10-18-14(19)13(15(20)21)12-8-6-5-7-9-12;1-4-14(2,3)13(17)18-11(12(15)16)10-8-6-5-7-9-10/h11-13,15,20H,2,6-9H2,1,3-5H3,(H,21,22)(H,23,24);11-13,18-19H,4-10H2,1-3H3,(H,20,21);12-13H,4-11H2,1-3H3,(H,18,19)(H,20,21);10-11H,4-9H2,1-3H3,(H,15,16). The van der Waals surface area contributed by atoms with Crippen molar-refractivity contribution in [2.75, 3.05) is 39.5 Å². The molecular weight excluding hydrogens is 1170 g/mol. The van der Waals surface area contributed by atoms with Gasteiger partial charge in [0.25, 0.3) is 0 Å². The first-order valence-electron chi connectivity index (χ1n) is 32.5. The van der Waals surface area contributed by atoms with Crippen LogP contribution in [0.15, 0.2) is 12.2 Å². The maximum absolute atomic E-state index is 12.1. The molecule has 5 aliphatic rings. The van der Waals surface area contributed by atoms with Gasteiger partial charge in [-0.15, -0.1) is 0 Å². The number of nitrogens with zero attached hydrogens (tertiary/aromatic N) is 1. The molecule has 4 saturated carbocycles. The van der Waals surface area contributed by atoms with Gasteiger partial charge in [0.2, 0.25) is 12.0 Å². The third-order valence-corrected chi connectivity index (χ3v) is 19.6. The maximum Gasteiger partial charge on any atom is 0.345 e. The largest absolute Gasteiger partial charge is 0.481 e. The molecule has 24 nitrogen and oxygen atoms in total. The number of likely N-dealkylation sites (tertiary alicyclic amines) is 1. The van der Waals surface area contributed by atoms with Crippen LogP contribution >= 0.6 is 0 Å². The van der Waals surface area contributed by atoms with Crippen molar-refractivity contribution >= 4 is 59.6 Å². The predicted molar refractivity (Wildman–Crippen MR) is 332 cm³/mol. The van der Waals surface area contributed by atoms with Crippen molar-refractivity contribution in [3.8, 4) is 0 Å². The lowest BCUT2D eigenvalue weighted by molar-refractivity contribution is -0.175. The average Bonchev–Trinajstić information content (AvgIpc) is 1.68. The van der Waals surface area contributed by atoms with Crippen molar-refractivity contribution < 1.29 is 103 Å². The highest BCUT2D eigenvalue weighted by molar-refractivity contribution is 5.97. The Morgan fingerprint density at radius 2 is 1.10 bits per heavy atom. The number of amides is 1. The summed E-state index contributed by atoms with van der Waals surface area (Å²) in [5.74, 6) is -8.87. The van der Waals surface area contributed by atoms with Crippen LogP contribution in [0.2, 0.25) is 0 Å². The Kier molecular flexibility index (Phi) is 32.6. The van der Waals surface area contributed by atoms with Crippen molar-refractivity contribution in [2.45, 2.75) is 242 Å². The zero-order chi connectivity index (χ0) is 68.7. The summed E-state index contributed by atoms with van der Waals surface area (Å²) in [5, 5.41) is 73.0. The van der Waals surface area contributed by atoms with E-state index in [-0.39, 0.29) is 81.5 Å². The summed E-state index contributed by atoms with van der Waals surface area (Å²) < 4.78 is 20.7. The number of nitrogens with one attached hydrogen (secondary N) is 2. The Labute approximate surface area is 532 Å². The van der Waals surface area contributed by atoms with Gasteiger partial charge in [-0.2, -0.15) is 0 Å². The highest BCUT2D eigenvalue weighted by Gasteiger charge is 2.56. The summed E-state index contributed by atoms with van der Waals surface area (Å²) in [7, 11) is 0. The average molecular weight is 1280 g/mol. The summed E-state index contributed by atoms with van der Waals surface area (Å²) in [4.78, 5) is 118. The highest BCUT2D eigenvalue weighted by Crippen LogP contribution is 2.51. The second-order valence-electron chi connectivity index (χ2n) is 27.9. The molecular formula is C66H111N3O21.